The molecule has 0 fully saturated rings. The number of hydrogen-bond donors (Lipinski definition) is 3. The van der Waals surface area contributed by atoms with Crippen LogP contribution < -0.4 is 5.73 Å². The molecule has 0 aliphatic heterocycles. The monoisotopic (exact) mass is 307 g/mol. The summed E-state index contributed by atoms with van der Waals surface area (Å²) >= 11 is 0. The van der Waals surface area contributed by atoms with Gasteiger partial charge in [0.05, 0.1) is 12.2 Å². The highest BCUT2D eigenvalue weighted by Crippen LogP contribution is 2.02. The summed E-state index contributed by atoms with van der Waals surface area (Å²) in [5.41, 5.74) is 5.38. The predicted octanol–water partition coefficient (Wildman–Crippen LogP) is 3.64. The fourth-order valence-electron chi connectivity index (χ4n) is 1.88. The number of allylic oxidation sites excluding steroid dienone is 5. The topological polar surface area (TPSA) is 66.5 Å². The Hall–Kier alpha value is -1.16. The maximum absolute atomic E-state index is 9.75. The summed E-state index contributed by atoms with van der Waals surface area (Å²) < 4.78 is 0. The van der Waals surface area contributed by atoms with Crippen molar-refractivity contribution in [3.63, 3.8) is 0 Å². The van der Waals surface area contributed by atoms with Gasteiger partial charge in [0.25, 0.3) is 0 Å². The van der Waals surface area contributed by atoms with Crippen LogP contribution in [0.2, 0.25) is 0 Å². The molecule has 0 radical (unpaired) electrons. The standard InChI is InChI=1S/C19H33NO2/c1-2-3-4-5-6-9-13-18(21)14-10-7-8-11-15-19(22)16-12-17-20/h6-11,14-15,18-19,21-22H,2-5,12-13,16-17,20H2,1H3/b8-7+,9-6-,14-10+,15-11-/t18-,19-/m0/s1. The van der Waals surface area contributed by atoms with E-state index in [2.05, 4.69) is 13.0 Å². The van der Waals surface area contributed by atoms with Crippen LogP contribution in [0.5, 0.6) is 0 Å². The van der Waals surface area contributed by atoms with Crippen molar-refractivity contribution < 1.29 is 10.2 Å². The molecule has 126 valence electrons. The maximum Gasteiger partial charge on any atom is 0.0758 e. The Morgan fingerprint density at radius 2 is 1.55 bits per heavy atom. The molecule has 0 aromatic carbocycles. The highest BCUT2D eigenvalue weighted by molar-refractivity contribution is 5.13. The first-order valence-corrected chi connectivity index (χ1v) is 8.43. The summed E-state index contributed by atoms with van der Waals surface area (Å²) in [6.45, 7) is 2.80. The number of hydrogen-bond acceptors (Lipinski definition) is 3. The van der Waals surface area contributed by atoms with Crippen molar-refractivity contribution in [1.29, 1.82) is 0 Å². The Labute approximate surface area is 135 Å². The molecule has 0 heterocycles. The zero-order chi connectivity index (χ0) is 16.5. The van der Waals surface area contributed by atoms with Crippen LogP contribution >= 0.6 is 0 Å². The molecule has 0 aliphatic rings. The summed E-state index contributed by atoms with van der Waals surface area (Å²) in [6.07, 6.45) is 21.2. The first kappa shape index (κ1) is 20.8. The van der Waals surface area contributed by atoms with Gasteiger partial charge in [0, 0.05) is 0 Å². The Kier molecular flexibility index (Phi) is 15.4. The number of nitrogens with two attached hydrogens (primary N) is 1. The number of rotatable bonds is 13. The van der Waals surface area contributed by atoms with Crippen molar-refractivity contribution in [3.05, 3.63) is 48.6 Å². The smallest absolute Gasteiger partial charge is 0.0758 e. The second-order valence-electron chi connectivity index (χ2n) is 5.42. The molecule has 3 heteroatoms. The molecule has 0 rings (SSSR count). The van der Waals surface area contributed by atoms with E-state index in [1.807, 2.05) is 30.4 Å². The molecule has 4 N–H and O–H groups in total. The minimum absolute atomic E-state index is 0.430. The lowest BCUT2D eigenvalue weighted by molar-refractivity contribution is 0.210. The number of aliphatic hydroxyl groups is 2. The van der Waals surface area contributed by atoms with Crippen LogP contribution in [0.15, 0.2) is 48.6 Å². The van der Waals surface area contributed by atoms with E-state index >= 15 is 0 Å². The van der Waals surface area contributed by atoms with Gasteiger partial charge in [-0.25, -0.2) is 0 Å². The van der Waals surface area contributed by atoms with E-state index in [0.717, 1.165) is 12.8 Å². The van der Waals surface area contributed by atoms with Gasteiger partial charge >= 0.3 is 0 Å². The van der Waals surface area contributed by atoms with E-state index in [4.69, 9.17) is 5.73 Å². The highest BCUT2D eigenvalue weighted by atomic mass is 16.3. The lowest BCUT2D eigenvalue weighted by Gasteiger charge is -2.01. The van der Waals surface area contributed by atoms with Crippen LogP contribution in [0, 0.1) is 0 Å². The van der Waals surface area contributed by atoms with Gasteiger partial charge in [-0.15, -0.1) is 0 Å². The average molecular weight is 307 g/mol. The normalized spacial score (nSPS) is 15.6. The second-order valence-corrected chi connectivity index (χ2v) is 5.42. The fourth-order valence-corrected chi connectivity index (χ4v) is 1.88. The van der Waals surface area contributed by atoms with E-state index in [-0.39, 0.29) is 0 Å². The first-order chi connectivity index (χ1) is 10.7. The van der Waals surface area contributed by atoms with Crippen LogP contribution in [0.25, 0.3) is 0 Å². The van der Waals surface area contributed by atoms with Gasteiger partial charge in [-0.05, 0) is 38.6 Å². The molecule has 0 saturated heterocycles. The van der Waals surface area contributed by atoms with Crippen LogP contribution in [0.1, 0.15) is 51.9 Å². The third-order valence-electron chi connectivity index (χ3n) is 3.22. The van der Waals surface area contributed by atoms with Crippen molar-refractivity contribution in [2.75, 3.05) is 6.54 Å². The van der Waals surface area contributed by atoms with Crippen molar-refractivity contribution in [3.8, 4) is 0 Å². The third kappa shape index (κ3) is 15.2. The Morgan fingerprint density at radius 3 is 2.18 bits per heavy atom. The lowest BCUT2D eigenvalue weighted by atomic mass is 10.1. The average Bonchev–Trinajstić information content (AvgIpc) is 2.52. The minimum atomic E-state index is -0.439. The molecule has 0 unspecified atom stereocenters. The van der Waals surface area contributed by atoms with Crippen molar-refractivity contribution in [2.24, 2.45) is 5.73 Å². The van der Waals surface area contributed by atoms with Gasteiger partial charge in [-0.3, -0.25) is 0 Å². The largest absolute Gasteiger partial charge is 0.389 e. The van der Waals surface area contributed by atoms with Crippen molar-refractivity contribution >= 4 is 0 Å². The number of aliphatic hydroxyl groups excluding tert-OH is 2. The van der Waals surface area contributed by atoms with Gasteiger partial charge in [0.15, 0.2) is 0 Å². The molecule has 0 aromatic rings. The SMILES string of the molecule is CCCCC/C=C\C[C@H](O)/C=C/C=C/C=C\[C@H](O)CCCN. The van der Waals surface area contributed by atoms with Gasteiger partial charge in [0.1, 0.15) is 0 Å². The third-order valence-corrected chi connectivity index (χ3v) is 3.22. The van der Waals surface area contributed by atoms with E-state index in [0.29, 0.717) is 19.4 Å². The molecular weight excluding hydrogens is 274 g/mol. The molecule has 0 saturated carbocycles. The summed E-state index contributed by atoms with van der Waals surface area (Å²) in [6, 6.07) is 0. The molecule has 22 heavy (non-hydrogen) atoms. The predicted molar refractivity (Wildman–Crippen MR) is 95.6 cm³/mol. The fraction of sp³-hybridized carbons (Fsp3) is 0.579. The van der Waals surface area contributed by atoms with E-state index in [1.165, 1.54) is 19.3 Å². The lowest BCUT2D eigenvalue weighted by Crippen LogP contribution is -2.06. The van der Waals surface area contributed by atoms with Crippen molar-refractivity contribution in [1.82, 2.24) is 0 Å². The summed E-state index contributed by atoms with van der Waals surface area (Å²) in [7, 11) is 0. The molecular formula is C19H33NO2. The first-order valence-electron chi connectivity index (χ1n) is 8.43. The molecule has 2 atom stereocenters. The molecule has 0 spiro atoms. The quantitative estimate of drug-likeness (QED) is 0.276. The van der Waals surface area contributed by atoms with Crippen LogP contribution in [0.4, 0.5) is 0 Å². The summed E-state index contributed by atoms with van der Waals surface area (Å²) in [5, 5.41) is 19.3. The van der Waals surface area contributed by atoms with Crippen LogP contribution in [0.3, 0.4) is 0 Å². The molecule has 0 amide bonds. The minimum Gasteiger partial charge on any atom is -0.389 e. The Bertz CT molecular complexity index is 345. The van der Waals surface area contributed by atoms with E-state index in [1.54, 1.807) is 12.2 Å². The van der Waals surface area contributed by atoms with Gasteiger partial charge in [-0.2, -0.15) is 0 Å². The molecule has 3 nitrogen and oxygen atoms in total. The molecule has 0 bridgehead atoms. The van der Waals surface area contributed by atoms with Gasteiger partial charge < -0.3 is 15.9 Å². The Balaban J connectivity index is 3.77. The summed E-state index contributed by atoms with van der Waals surface area (Å²) in [4.78, 5) is 0. The zero-order valence-corrected chi connectivity index (χ0v) is 13.9. The van der Waals surface area contributed by atoms with E-state index in [9.17, 15) is 10.2 Å². The van der Waals surface area contributed by atoms with Crippen molar-refractivity contribution in [2.45, 2.75) is 64.1 Å². The summed E-state index contributed by atoms with van der Waals surface area (Å²) in [5.74, 6) is 0. The van der Waals surface area contributed by atoms with E-state index < -0.39 is 12.2 Å². The van der Waals surface area contributed by atoms with Crippen LogP contribution in [-0.2, 0) is 0 Å². The molecule has 0 aromatic heterocycles. The maximum atomic E-state index is 9.75. The van der Waals surface area contributed by atoms with Crippen LogP contribution in [-0.4, -0.2) is 29.0 Å². The van der Waals surface area contributed by atoms with Gasteiger partial charge in [-0.1, -0.05) is 68.4 Å². The van der Waals surface area contributed by atoms with Gasteiger partial charge in [0.2, 0.25) is 0 Å². The molecule has 0 aliphatic carbocycles. The Morgan fingerprint density at radius 1 is 0.864 bits per heavy atom. The number of unbranched alkanes of at least 4 members (excludes halogenated alkanes) is 3. The second kappa shape index (κ2) is 16.2. The zero-order valence-electron chi connectivity index (χ0n) is 13.9. The highest BCUT2D eigenvalue weighted by Gasteiger charge is 1.95.